The molecule has 0 aliphatic carbocycles. The van der Waals surface area contributed by atoms with Gasteiger partial charge in [0.2, 0.25) is 0 Å². The minimum Gasteiger partial charge on any atom is -0.462 e. The number of hydrogen-bond donors (Lipinski definition) is 0. The van der Waals surface area contributed by atoms with E-state index in [0.717, 1.165) is 24.0 Å². The molecule has 0 heterocycles. The molecular weight excluding hydrogens is 272 g/mol. The van der Waals surface area contributed by atoms with Gasteiger partial charge in [0.15, 0.2) is 0 Å². The maximum absolute atomic E-state index is 12.0. The molecule has 0 N–H and O–H groups in total. The second kappa shape index (κ2) is 9.04. The summed E-state index contributed by atoms with van der Waals surface area (Å²) in [5.74, 6) is -0.227. The van der Waals surface area contributed by atoms with E-state index in [2.05, 4.69) is 19.1 Å². The molecule has 0 radical (unpaired) electrons. The summed E-state index contributed by atoms with van der Waals surface area (Å²) in [6.07, 6.45) is 5.80. The predicted molar refractivity (Wildman–Crippen MR) is 90.9 cm³/mol. The Morgan fingerprint density at radius 3 is 2.14 bits per heavy atom. The van der Waals surface area contributed by atoms with Crippen LogP contribution in [0.4, 0.5) is 0 Å². The van der Waals surface area contributed by atoms with Gasteiger partial charge in [-0.3, -0.25) is 0 Å². The van der Waals surface area contributed by atoms with Gasteiger partial charge in [-0.15, -0.1) is 0 Å². The molecule has 22 heavy (non-hydrogen) atoms. The summed E-state index contributed by atoms with van der Waals surface area (Å²) in [6, 6.07) is 17.7. The summed E-state index contributed by atoms with van der Waals surface area (Å²) in [5, 5.41) is 0. The van der Waals surface area contributed by atoms with Gasteiger partial charge in [0.05, 0.1) is 12.2 Å². The van der Waals surface area contributed by atoms with Crippen LogP contribution in [0, 0.1) is 0 Å². The van der Waals surface area contributed by atoms with Crippen LogP contribution in [0.2, 0.25) is 0 Å². The third-order valence-electron chi connectivity index (χ3n) is 3.71. The average Bonchev–Trinajstić information content (AvgIpc) is 2.59. The second-order valence-electron chi connectivity index (χ2n) is 5.49. The average molecular weight is 296 g/mol. The van der Waals surface area contributed by atoms with Crippen molar-refractivity contribution in [3.05, 3.63) is 60.2 Å². The highest BCUT2D eigenvalue weighted by Gasteiger charge is 2.07. The summed E-state index contributed by atoms with van der Waals surface area (Å²) in [7, 11) is 0. The molecule has 2 heteroatoms. The highest BCUT2D eigenvalue weighted by atomic mass is 16.5. The summed E-state index contributed by atoms with van der Waals surface area (Å²) in [6.45, 7) is 2.71. The smallest absolute Gasteiger partial charge is 0.338 e. The predicted octanol–water partition coefficient (Wildman–Crippen LogP) is 5.48. The Hall–Kier alpha value is -2.09. The summed E-state index contributed by atoms with van der Waals surface area (Å²) in [4.78, 5) is 12.0. The number of carbonyl (C=O) groups is 1. The maximum Gasteiger partial charge on any atom is 0.338 e. The highest BCUT2D eigenvalue weighted by molar-refractivity contribution is 5.90. The lowest BCUT2D eigenvalue weighted by atomic mass is 10.0. The van der Waals surface area contributed by atoms with Crippen molar-refractivity contribution in [2.45, 2.75) is 39.0 Å². The molecule has 116 valence electrons. The number of carbonyl (C=O) groups excluding carboxylic acids is 1. The Kier molecular flexibility index (Phi) is 6.69. The molecule has 0 atom stereocenters. The number of ether oxygens (including phenoxy) is 1. The van der Waals surface area contributed by atoms with Gasteiger partial charge in [-0.05, 0) is 29.7 Å². The lowest BCUT2D eigenvalue weighted by molar-refractivity contribution is 0.0497. The van der Waals surface area contributed by atoms with E-state index >= 15 is 0 Å². The van der Waals surface area contributed by atoms with Gasteiger partial charge in [0.1, 0.15) is 0 Å². The largest absolute Gasteiger partial charge is 0.462 e. The fourth-order valence-electron chi connectivity index (χ4n) is 2.38. The topological polar surface area (TPSA) is 26.3 Å². The Labute approximate surface area is 133 Å². The van der Waals surface area contributed by atoms with Gasteiger partial charge in [-0.1, -0.05) is 75.1 Å². The van der Waals surface area contributed by atoms with E-state index in [0.29, 0.717) is 12.2 Å². The molecule has 0 aliphatic rings. The minimum atomic E-state index is -0.227. The third kappa shape index (κ3) is 5.03. The molecule has 2 aromatic carbocycles. The Morgan fingerprint density at radius 1 is 0.818 bits per heavy atom. The van der Waals surface area contributed by atoms with Crippen molar-refractivity contribution < 1.29 is 9.53 Å². The summed E-state index contributed by atoms with van der Waals surface area (Å²) < 4.78 is 5.31. The first-order chi connectivity index (χ1) is 10.8. The van der Waals surface area contributed by atoms with Gasteiger partial charge < -0.3 is 4.74 Å². The molecule has 0 bridgehead atoms. The third-order valence-corrected chi connectivity index (χ3v) is 3.71. The van der Waals surface area contributed by atoms with Gasteiger partial charge >= 0.3 is 5.97 Å². The van der Waals surface area contributed by atoms with Gasteiger partial charge in [0, 0.05) is 0 Å². The van der Waals surface area contributed by atoms with Crippen LogP contribution in [0.3, 0.4) is 0 Å². The van der Waals surface area contributed by atoms with E-state index in [1.165, 1.54) is 19.3 Å². The normalized spacial score (nSPS) is 10.4. The van der Waals surface area contributed by atoms with Crippen molar-refractivity contribution in [2.24, 2.45) is 0 Å². The SMILES string of the molecule is CCCCCCCOC(=O)c1ccc(-c2ccccc2)cc1. The molecule has 0 fully saturated rings. The van der Waals surface area contributed by atoms with Crippen LogP contribution in [0.15, 0.2) is 54.6 Å². The number of esters is 1. The quantitative estimate of drug-likeness (QED) is 0.476. The van der Waals surface area contributed by atoms with Crippen LogP contribution in [0.5, 0.6) is 0 Å². The number of benzene rings is 2. The van der Waals surface area contributed by atoms with E-state index in [1.54, 1.807) is 0 Å². The molecule has 0 spiro atoms. The second-order valence-corrected chi connectivity index (χ2v) is 5.49. The molecule has 0 saturated carbocycles. The van der Waals surface area contributed by atoms with Crippen LogP contribution >= 0.6 is 0 Å². The molecule has 0 saturated heterocycles. The van der Waals surface area contributed by atoms with E-state index in [9.17, 15) is 4.79 Å². The van der Waals surface area contributed by atoms with Crippen molar-refractivity contribution >= 4 is 5.97 Å². The fraction of sp³-hybridized carbons (Fsp3) is 0.350. The van der Waals surface area contributed by atoms with E-state index in [1.807, 2.05) is 42.5 Å². The van der Waals surface area contributed by atoms with Gasteiger partial charge in [0.25, 0.3) is 0 Å². The zero-order valence-electron chi connectivity index (χ0n) is 13.3. The van der Waals surface area contributed by atoms with Crippen molar-refractivity contribution in [3.8, 4) is 11.1 Å². The summed E-state index contributed by atoms with van der Waals surface area (Å²) >= 11 is 0. The first-order valence-corrected chi connectivity index (χ1v) is 8.14. The number of hydrogen-bond acceptors (Lipinski definition) is 2. The van der Waals surface area contributed by atoms with Crippen LogP contribution < -0.4 is 0 Å². The molecular formula is C20H24O2. The number of rotatable bonds is 8. The first kappa shape index (κ1) is 16.3. The fourth-order valence-corrected chi connectivity index (χ4v) is 2.38. The Morgan fingerprint density at radius 2 is 1.45 bits per heavy atom. The van der Waals surface area contributed by atoms with Crippen molar-refractivity contribution in [1.29, 1.82) is 0 Å². The standard InChI is InChI=1S/C20H24O2/c1-2-3-4-5-9-16-22-20(21)19-14-12-18(13-15-19)17-10-7-6-8-11-17/h6-8,10-15H,2-5,9,16H2,1H3. The van der Waals surface area contributed by atoms with Gasteiger partial charge in [-0.25, -0.2) is 4.79 Å². The lowest BCUT2D eigenvalue weighted by Gasteiger charge is -2.06. The molecule has 0 unspecified atom stereocenters. The number of unbranched alkanes of at least 4 members (excludes halogenated alkanes) is 4. The molecule has 0 aromatic heterocycles. The van der Waals surface area contributed by atoms with Crippen LogP contribution in [0.1, 0.15) is 49.4 Å². The molecule has 0 aliphatic heterocycles. The van der Waals surface area contributed by atoms with Crippen molar-refractivity contribution in [1.82, 2.24) is 0 Å². The Bertz CT molecular complexity index is 558. The van der Waals surface area contributed by atoms with E-state index in [4.69, 9.17) is 4.74 Å². The minimum absolute atomic E-state index is 0.227. The van der Waals surface area contributed by atoms with Crippen molar-refractivity contribution in [2.75, 3.05) is 6.61 Å². The lowest BCUT2D eigenvalue weighted by Crippen LogP contribution is -2.06. The molecule has 2 nitrogen and oxygen atoms in total. The summed E-state index contributed by atoms with van der Waals surface area (Å²) in [5.41, 5.74) is 2.88. The zero-order chi connectivity index (χ0) is 15.6. The van der Waals surface area contributed by atoms with Gasteiger partial charge in [-0.2, -0.15) is 0 Å². The van der Waals surface area contributed by atoms with Crippen LogP contribution in [0.25, 0.3) is 11.1 Å². The highest BCUT2D eigenvalue weighted by Crippen LogP contribution is 2.19. The molecule has 0 amide bonds. The van der Waals surface area contributed by atoms with Crippen LogP contribution in [-0.2, 0) is 4.74 Å². The monoisotopic (exact) mass is 296 g/mol. The zero-order valence-corrected chi connectivity index (χ0v) is 13.3. The molecule has 2 aromatic rings. The maximum atomic E-state index is 12.0. The first-order valence-electron chi connectivity index (χ1n) is 8.14. The van der Waals surface area contributed by atoms with E-state index in [-0.39, 0.29) is 5.97 Å². The van der Waals surface area contributed by atoms with Crippen molar-refractivity contribution in [3.63, 3.8) is 0 Å². The Balaban J connectivity index is 1.81. The van der Waals surface area contributed by atoms with Crippen LogP contribution in [-0.4, -0.2) is 12.6 Å². The van der Waals surface area contributed by atoms with E-state index < -0.39 is 0 Å². The molecule has 2 rings (SSSR count).